The van der Waals surface area contributed by atoms with Gasteiger partial charge >= 0.3 is 0 Å². The van der Waals surface area contributed by atoms with Crippen LogP contribution in [0.2, 0.25) is 0 Å². The minimum absolute atomic E-state index is 0.152. The van der Waals surface area contributed by atoms with Gasteiger partial charge in [-0.05, 0) is 34.5 Å². The van der Waals surface area contributed by atoms with Gasteiger partial charge in [0.25, 0.3) is 0 Å². The number of ketones is 1. The van der Waals surface area contributed by atoms with Crippen molar-refractivity contribution in [3.63, 3.8) is 0 Å². The number of Topliss-reactive ketones (excluding diaryl/α,β-unsaturated/α-hetero) is 1. The molecule has 1 aliphatic rings. The van der Waals surface area contributed by atoms with E-state index in [0.29, 0.717) is 6.54 Å². The summed E-state index contributed by atoms with van der Waals surface area (Å²) in [5, 5.41) is 3.19. The molecule has 3 nitrogen and oxygen atoms in total. The van der Waals surface area contributed by atoms with E-state index in [9.17, 15) is 4.79 Å². The first-order chi connectivity index (χ1) is 9.16. The molecule has 19 heavy (non-hydrogen) atoms. The molecule has 0 fully saturated rings. The van der Waals surface area contributed by atoms with Gasteiger partial charge in [0.1, 0.15) is 5.82 Å². The second kappa shape index (κ2) is 4.78. The number of pyridine rings is 1. The van der Waals surface area contributed by atoms with E-state index >= 15 is 0 Å². The first kappa shape index (κ1) is 12.4. The molecule has 1 aromatic carbocycles. The standard InChI is InChI=1S/C15H13BrN2O/c1-9-4-2-3-5-11(9)14(19)13-8-18-15-12(13)6-10(16)7-17-15/h2-7,13H,8H2,1H3,(H,17,18). The van der Waals surface area contributed by atoms with E-state index in [2.05, 4.69) is 26.2 Å². The fourth-order valence-electron chi connectivity index (χ4n) is 2.45. The maximum absolute atomic E-state index is 12.7. The molecule has 0 amide bonds. The van der Waals surface area contributed by atoms with Crippen LogP contribution >= 0.6 is 15.9 Å². The highest BCUT2D eigenvalue weighted by atomic mass is 79.9. The summed E-state index contributed by atoms with van der Waals surface area (Å²) < 4.78 is 0.900. The van der Waals surface area contributed by atoms with Crippen LogP contribution in [0.3, 0.4) is 0 Å². The van der Waals surface area contributed by atoms with Crippen molar-refractivity contribution in [2.24, 2.45) is 0 Å². The molecule has 0 saturated carbocycles. The van der Waals surface area contributed by atoms with Gasteiger partial charge in [-0.15, -0.1) is 0 Å². The van der Waals surface area contributed by atoms with Gasteiger partial charge in [-0.25, -0.2) is 4.98 Å². The summed E-state index contributed by atoms with van der Waals surface area (Å²) in [5.41, 5.74) is 2.79. The minimum atomic E-state index is -0.152. The first-order valence-electron chi connectivity index (χ1n) is 6.16. The number of benzene rings is 1. The number of anilines is 1. The number of carbonyl (C=O) groups excluding carboxylic acids is 1. The molecule has 2 aromatic rings. The summed E-state index contributed by atoms with van der Waals surface area (Å²) in [7, 11) is 0. The van der Waals surface area contributed by atoms with E-state index < -0.39 is 0 Å². The second-order valence-electron chi connectivity index (χ2n) is 4.70. The molecule has 1 aliphatic heterocycles. The molecule has 3 rings (SSSR count). The molecule has 1 N–H and O–H groups in total. The quantitative estimate of drug-likeness (QED) is 0.862. The van der Waals surface area contributed by atoms with Crippen molar-refractivity contribution >= 4 is 27.5 Å². The Kier molecular flexibility index (Phi) is 3.11. The average molecular weight is 317 g/mol. The zero-order chi connectivity index (χ0) is 13.4. The summed E-state index contributed by atoms with van der Waals surface area (Å²) in [6.45, 7) is 2.58. The summed E-state index contributed by atoms with van der Waals surface area (Å²) in [4.78, 5) is 17.0. The predicted molar refractivity (Wildman–Crippen MR) is 78.7 cm³/mol. The van der Waals surface area contributed by atoms with E-state index in [0.717, 1.165) is 27.0 Å². The van der Waals surface area contributed by atoms with Crippen LogP contribution in [-0.2, 0) is 0 Å². The minimum Gasteiger partial charge on any atom is -0.369 e. The van der Waals surface area contributed by atoms with Crippen molar-refractivity contribution in [1.82, 2.24) is 4.98 Å². The van der Waals surface area contributed by atoms with E-state index in [1.807, 2.05) is 37.3 Å². The Morgan fingerprint density at radius 1 is 1.42 bits per heavy atom. The summed E-state index contributed by atoms with van der Waals surface area (Å²) in [6.07, 6.45) is 1.74. The van der Waals surface area contributed by atoms with Gasteiger partial charge in [0, 0.05) is 28.3 Å². The lowest BCUT2D eigenvalue weighted by atomic mass is 9.91. The Balaban J connectivity index is 2.00. The highest BCUT2D eigenvalue weighted by Crippen LogP contribution is 2.34. The number of fused-ring (bicyclic) bond motifs is 1. The number of aromatic nitrogens is 1. The molecule has 1 unspecified atom stereocenters. The zero-order valence-corrected chi connectivity index (χ0v) is 12.1. The first-order valence-corrected chi connectivity index (χ1v) is 6.95. The van der Waals surface area contributed by atoms with Crippen molar-refractivity contribution in [3.8, 4) is 0 Å². The maximum Gasteiger partial charge on any atom is 0.172 e. The number of hydrogen-bond acceptors (Lipinski definition) is 3. The molecule has 0 radical (unpaired) electrons. The number of halogens is 1. The summed E-state index contributed by atoms with van der Waals surface area (Å²) >= 11 is 3.41. The number of carbonyl (C=O) groups is 1. The summed E-state index contributed by atoms with van der Waals surface area (Å²) in [5.74, 6) is 0.820. The van der Waals surface area contributed by atoms with Crippen LogP contribution < -0.4 is 5.32 Å². The van der Waals surface area contributed by atoms with Gasteiger partial charge in [0.15, 0.2) is 5.78 Å². The molecule has 0 spiro atoms. The van der Waals surface area contributed by atoms with Crippen LogP contribution in [0, 0.1) is 6.92 Å². The third kappa shape index (κ3) is 2.16. The Labute approximate surface area is 120 Å². The molecular weight excluding hydrogens is 304 g/mol. The van der Waals surface area contributed by atoms with Gasteiger partial charge in [-0.3, -0.25) is 4.79 Å². The summed E-state index contributed by atoms with van der Waals surface area (Å²) in [6, 6.07) is 9.69. The fourth-order valence-corrected chi connectivity index (χ4v) is 2.80. The van der Waals surface area contributed by atoms with E-state index in [1.165, 1.54) is 0 Å². The van der Waals surface area contributed by atoms with Crippen LogP contribution in [0.1, 0.15) is 27.4 Å². The van der Waals surface area contributed by atoms with Crippen LogP contribution in [0.5, 0.6) is 0 Å². The number of nitrogens with zero attached hydrogens (tertiary/aromatic N) is 1. The monoisotopic (exact) mass is 316 g/mol. The van der Waals surface area contributed by atoms with Crippen LogP contribution in [0.15, 0.2) is 41.0 Å². The van der Waals surface area contributed by atoms with Gasteiger partial charge in [-0.1, -0.05) is 24.3 Å². The van der Waals surface area contributed by atoms with Crippen molar-refractivity contribution in [1.29, 1.82) is 0 Å². The fraction of sp³-hybridized carbons (Fsp3) is 0.200. The Bertz CT molecular complexity index is 654. The van der Waals surface area contributed by atoms with E-state index in [-0.39, 0.29) is 11.7 Å². The van der Waals surface area contributed by atoms with Crippen molar-refractivity contribution in [3.05, 3.63) is 57.7 Å². The molecular formula is C15H13BrN2O. The predicted octanol–water partition coefficient (Wildman–Crippen LogP) is 3.54. The lowest BCUT2D eigenvalue weighted by Gasteiger charge is -2.11. The zero-order valence-electron chi connectivity index (χ0n) is 10.5. The number of rotatable bonds is 2. The Morgan fingerprint density at radius 2 is 2.21 bits per heavy atom. The number of nitrogens with one attached hydrogen (secondary N) is 1. The van der Waals surface area contributed by atoms with Crippen molar-refractivity contribution in [2.75, 3.05) is 11.9 Å². The molecule has 0 bridgehead atoms. The molecule has 0 saturated heterocycles. The molecule has 96 valence electrons. The third-order valence-electron chi connectivity index (χ3n) is 3.46. The lowest BCUT2D eigenvalue weighted by molar-refractivity contribution is 0.0966. The third-order valence-corrected chi connectivity index (χ3v) is 3.89. The van der Waals surface area contributed by atoms with Gasteiger partial charge in [0.05, 0.1) is 5.92 Å². The Hall–Kier alpha value is -1.68. The van der Waals surface area contributed by atoms with Crippen LogP contribution in [-0.4, -0.2) is 17.3 Å². The van der Waals surface area contributed by atoms with E-state index in [4.69, 9.17) is 0 Å². The smallest absolute Gasteiger partial charge is 0.172 e. The van der Waals surface area contributed by atoms with Gasteiger partial charge in [-0.2, -0.15) is 0 Å². The lowest BCUT2D eigenvalue weighted by Crippen LogP contribution is -2.15. The number of hydrogen-bond donors (Lipinski definition) is 1. The molecule has 0 aliphatic carbocycles. The average Bonchev–Trinajstić information content (AvgIpc) is 2.81. The topological polar surface area (TPSA) is 42.0 Å². The second-order valence-corrected chi connectivity index (χ2v) is 5.62. The number of aryl methyl sites for hydroxylation is 1. The van der Waals surface area contributed by atoms with Gasteiger partial charge < -0.3 is 5.32 Å². The SMILES string of the molecule is Cc1ccccc1C(=O)C1CNc2ncc(Br)cc21. The van der Waals surface area contributed by atoms with Crippen LogP contribution in [0.25, 0.3) is 0 Å². The van der Waals surface area contributed by atoms with E-state index in [1.54, 1.807) is 6.20 Å². The van der Waals surface area contributed by atoms with Gasteiger partial charge in [0.2, 0.25) is 0 Å². The van der Waals surface area contributed by atoms with Crippen molar-refractivity contribution in [2.45, 2.75) is 12.8 Å². The van der Waals surface area contributed by atoms with Crippen LogP contribution in [0.4, 0.5) is 5.82 Å². The highest BCUT2D eigenvalue weighted by molar-refractivity contribution is 9.10. The molecule has 1 atom stereocenters. The normalized spacial score (nSPS) is 16.8. The maximum atomic E-state index is 12.7. The highest BCUT2D eigenvalue weighted by Gasteiger charge is 2.30. The molecule has 2 heterocycles. The Morgan fingerprint density at radius 3 is 3.00 bits per heavy atom. The van der Waals surface area contributed by atoms with Crippen molar-refractivity contribution < 1.29 is 4.79 Å². The molecule has 4 heteroatoms. The molecule has 1 aromatic heterocycles. The largest absolute Gasteiger partial charge is 0.369 e.